The fourth-order valence-electron chi connectivity index (χ4n) is 2.12. The average Bonchev–Trinajstić information content (AvgIpc) is 2.22. The molecule has 1 rings (SSSR count). The summed E-state index contributed by atoms with van der Waals surface area (Å²) in [4.78, 5) is 11.6. The van der Waals surface area contributed by atoms with Crippen molar-refractivity contribution < 1.29 is 4.79 Å². The summed E-state index contributed by atoms with van der Waals surface area (Å²) in [5.41, 5.74) is 4.68. The Morgan fingerprint density at radius 2 is 1.31 bits per heavy atom. The van der Waals surface area contributed by atoms with Gasteiger partial charge in [0, 0.05) is 0 Å². The minimum absolute atomic E-state index is 0.249. The number of rotatable bonds is 1. The molecule has 1 aliphatic carbocycles. The highest BCUT2D eigenvalue weighted by Crippen LogP contribution is 2.46. The first-order valence-corrected chi connectivity index (χ1v) is 4.70. The van der Waals surface area contributed by atoms with Gasteiger partial charge in [-0.1, -0.05) is 11.1 Å². The van der Waals surface area contributed by atoms with E-state index in [0.717, 1.165) is 0 Å². The standard InChI is InChI=1S/C12H18O/c1-7-8(2)10(4)12(6,9(7)3)11(5)13/h1-6H3. The lowest BCUT2D eigenvalue weighted by atomic mass is 9.76. The van der Waals surface area contributed by atoms with Crippen molar-refractivity contribution in [3.63, 3.8) is 0 Å². The molecular formula is C12H18O. The van der Waals surface area contributed by atoms with Gasteiger partial charge in [0.1, 0.15) is 5.78 Å². The number of ketones is 1. The highest BCUT2D eigenvalue weighted by Gasteiger charge is 2.39. The molecule has 1 nitrogen and oxygen atoms in total. The Morgan fingerprint density at radius 1 is 1.00 bits per heavy atom. The minimum atomic E-state index is -0.325. The van der Waals surface area contributed by atoms with Crippen LogP contribution in [0.15, 0.2) is 22.3 Å². The van der Waals surface area contributed by atoms with Crippen molar-refractivity contribution in [3.8, 4) is 0 Å². The molecule has 0 amide bonds. The van der Waals surface area contributed by atoms with Crippen molar-refractivity contribution >= 4 is 5.78 Å². The molecule has 0 aliphatic heterocycles. The van der Waals surface area contributed by atoms with Crippen LogP contribution in [0.1, 0.15) is 41.5 Å². The third-order valence-electron chi connectivity index (χ3n) is 3.89. The molecule has 13 heavy (non-hydrogen) atoms. The van der Waals surface area contributed by atoms with Crippen LogP contribution in [-0.2, 0) is 4.79 Å². The summed E-state index contributed by atoms with van der Waals surface area (Å²) in [6.07, 6.45) is 0. The second-order valence-corrected chi connectivity index (χ2v) is 4.18. The molecule has 0 radical (unpaired) electrons. The zero-order valence-electron chi connectivity index (χ0n) is 9.41. The van der Waals surface area contributed by atoms with Gasteiger partial charge in [-0.3, -0.25) is 4.79 Å². The van der Waals surface area contributed by atoms with E-state index in [0.29, 0.717) is 0 Å². The predicted molar refractivity (Wildman–Crippen MR) is 55.5 cm³/mol. The molecule has 0 spiro atoms. The van der Waals surface area contributed by atoms with Crippen molar-refractivity contribution in [1.82, 2.24) is 0 Å². The molecule has 0 heterocycles. The summed E-state index contributed by atoms with van der Waals surface area (Å²) in [5, 5.41) is 0. The van der Waals surface area contributed by atoms with Gasteiger partial charge in [-0.05, 0) is 52.7 Å². The van der Waals surface area contributed by atoms with Crippen LogP contribution in [-0.4, -0.2) is 5.78 Å². The van der Waals surface area contributed by atoms with E-state index in [1.807, 2.05) is 6.92 Å². The summed E-state index contributed by atoms with van der Waals surface area (Å²) in [5.74, 6) is 0.249. The highest BCUT2D eigenvalue weighted by atomic mass is 16.1. The quantitative estimate of drug-likeness (QED) is 0.602. The lowest BCUT2D eigenvalue weighted by Crippen LogP contribution is -2.26. The molecule has 0 saturated heterocycles. The first-order valence-electron chi connectivity index (χ1n) is 4.70. The largest absolute Gasteiger partial charge is 0.299 e. The summed E-state index contributed by atoms with van der Waals surface area (Å²) >= 11 is 0. The SMILES string of the molecule is CC(=O)C1(C)C(C)=C(C)C(C)=C1C. The van der Waals surface area contributed by atoms with Gasteiger partial charge in [0.15, 0.2) is 0 Å². The van der Waals surface area contributed by atoms with Crippen LogP contribution < -0.4 is 0 Å². The summed E-state index contributed by atoms with van der Waals surface area (Å²) in [6.45, 7) is 12.0. The molecule has 72 valence electrons. The fraction of sp³-hybridized carbons (Fsp3) is 0.583. The second kappa shape index (κ2) is 2.83. The number of allylic oxidation sites excluding steroid dienone is 4. The van der Waals surface area contributed by atoms with Crippen LogP contribution in [0.4, 0.5) is 0 Å². The van der Waals surface area contributed by atoms with E-state index in [4.69, 9.17) is 0 Å². The van der Waals surface area contributed by atoms with Crippen molar-refractivity contribution in [3.05, 3.63) is 22.3 Å². The molecular weight excluding hydrogens is 160 g/mol. The van der Waals surface area contributed by atoms with Gasteiger partial charge < -0.3 is 0 Å². The molecule has 1 aliphatic rings. The predicted octanol–water partition coefficient (Wildman–Crippen LogP) is 3.27. The van der Waals surface area contributed by atoms with Crippen molar-refractivity contribution in [2.75, 3.05) is 0 Å². The molecule has 1 heteroatoms. The zero-order valence-corrected chi connectivity index (χ0v) is 9.41. The maximum absolute atomic E-state index is 11.6. The Morgan fingerprint density at radius 3 is 1.46 bits per heavy atom. The summed E-state index contributed by atoms with van der Waals surface area (Å²) in [6, 6.07) is 0. The molecule has 0 unspecified atom stereocenters. The normalized spacial score (nSPS) is 21.4. The first-order chi connectivity index (χ1) is 5.83. The van der Waals surface area contributed by atoms with E-state index < -0.39 is 0 Å². The van der Waals surface area contributed by atoms with Gasteiger partial charge in [0.2, 0.25) is 0 Å². The van der Waals surface area contributed by atoms with Gasteiger partial charge in [-0.15, -0.1) is 0 Å². The Kier molecular flexibility index (Phi) is 2.23. The Bertz CT molecular complexity index is 305. The number of carbonyl (C=O) groups is 1. The molecule has 0 aromatic heterocycles. The maximum Gasteiger partial charge on any atom is 0.143 e. The minimum Gasteiger partial charge on any atom is -0.299 e. The van der Waals surface area contributed by atoms with Crippen molar-refractivity contribution in [1.29, 1.82) is 0 Å². The third-order valence-corrected chi connectivity index (χ3v) is 3.89. The van der Waals surface area contributed by atoms with Crippen LogP contribution in [0.3, 0.4) is 0 Å². The fourth-order valence-corrected chi connectivity index (χ4v) is 2.12. The molecule has 0 fully saturated rings. The number of carbonyl (C=O) groups excluding carboxylic acids is 1. The molecule has 0 saturated carbocycles. The van der Waals surface area contributed by atoms with Gasteiger partial charge in [-0.2, -0.15) is 0 Å². The summed E-state index contributed by atoms with van der Waals surface area (Å²) in [7, 11) is 0. The highest BCUT2D eigenvalue weighted by molar-refractivity contribution is 5.90. The van der Waals surface area contributed by atoms with E-state index in [1.54, 1.807) is 6.92 Å². The monoisotopic (exact) mass is 178 g/mol. The van der Waals surface area contributed by atoms with Crippen LogP contribution in [0.25, 0.3) is 0 Å². The molecule has 0 bridgehead atoms. The topological polar surface area (TPSA) is 17.1 Å². The van der Waals surface area contributed by atoms with Crippen LogP contribution in [0.2, 0.25) is 0 Å². The lowest BCUT2D eigenvalue weighted by molar-refractivity contribution is -0.122. The number of hydrogen-bond acceptors (Lipinski definition) is 1. The lowest BCUT2D eigenvalue weighted by Gasteiger charge is -2.25. The van der Waals surface area contributed by atoms with Gasteiger partial charge in [0.25, 0.3) is 0 Å². The zero-order chi connectivity index (χ0) is 10.4. The Labute approximate surface area is 80.5 Å². The van der Waals surface area contributed by atoms with Gasteiger partial charge in [0.05, 0.1) is 5.41 Å². The Balaban J connectivity index is 3.39. The molecule has 0 N–H and O–H groups in total. The maximum atomic E-state index is 11.6. The van der Waals surface area contributed by atoms with E-state index in [-0.39, 0.29) is 11.2 Å². The van der Waals surface area contributed by atoms with Crippen LogP contribution in [0, 0.1) is 5.41 Å². The van der Waals surface area contributed by atoms with Crippen molar-refractivity contribution in [2.45, 2.75) is 41.5 Å². The second-order valence-electron chi connectivity index (χ2n) is 4.18. The first kappa shape index (κ1) is 10.2. The van der Waals surface area contributed by atoms with Crippen molar-refractivity contribution in [2.24, 2.45) is 5.41 Å². The Hall–Kier alpha value is -0.850. The molecule has 0 aromatic rings. The van der Waals surface area contributed by atoms with E-state index >= 15 is 0 Å². The van der Waals surface area contributed by atoms with E-state index in [9.17, 15) is 4.79 Å². The molecule has 0 aromatic carbocycles. The third kappa shape index (κ3) is 1.10. The van der Waals surface area contributed by atoms with E-state index in [1.165, 1.54) is 22.3 Å². The number of hydrogen-bond donors (Lipinski definition) is 0. The number of Topliss-reactive ketones (excluding diaryl/α,β-unsaturated/α-hetero) is 1. The van der Waals surface area contributed by atoms with Crippen LogP contribution in [0.5, 0.6) is 0 Å². The average molecular weight is 178 g/mol. The van der Waals surface area contributed by atoms with Gasteiger partial charge in [-0.25, -0.2) is 0 Å². The smallest absolute Gasteiger partial charge is 0.143 e. The van der Waals surface area contributed by atoms with Gasteiger partial charge >= 0.3 is 0 Å². The van der Waals surface area contributed by atoms with E-state index in [2.05, 4.69) is 27.7 Å². The molecule has 0 atom stereocenters. The van der Waals surface area contributed by atoms with Crippen LogP contribution >= 0.6 is 0 Å². The summed E-state index contributed by atoms with van der Waals surface area (Å²) < 4.78 is 0.